The van der Waals surface area contributed by atoms with Crippen LogP contribution in [0.4, 0.5) is 0 Å². The van der Waals surface area contributed by atoms with Gasteiger partial charge < -0.3 is 4.74 Å². The van der Waals surface area contributed by atoms with Gasteiger partial charge in [0, 0.05) is 13.2 Å². The topological polar surface area (TPSA) is 9.23 Å². The third-order valence-electron chi connectivity index (χ3n) is 3.06. The maximum absolute atomic E-state index is 5.57. The molecule has 0 radical (unpaired) electrons. The summed E-state index contributed by atoms with van der Waals surface area (Å²) in [4.78, 5) is 0. The summed E-state index contributed by atoms with van der Waals surface area (Å²) in [6, 6.07) is 9.08. The highest BCUT2D eigenvalue weighted by atomic mass is 16.5. The Morgan fingerprint density at radius 3 is 2.17 bits per heavy atom. The Morgan fingerprint density at radius 2 is 1.56 bits per heavy atom. The van der Waals surface area contributed by atoms with Crippen LogP contribution >= 0.6 is 0 Å². The summed E-state index contributed by atoms with van der Waals surface area (Å²) in [7, 11) is 0. The molecule has 1 aromatic rings. The van der Waals surface area contributed by atoms with Gasteiger partial charge in [-0.2, -0.15) is 0 Å². The van der Waals surface area contributed by atoms with E-state index in [2.05, 4.69) is 45.0 Å². The fraction of sp³-hybridized carbons (Fsp3) is 0.647. The van der Waals surface area contributed by atoms with Crippen molar-refractivity contribution in [1.82, 2.24) is 0 Å². The highest BCUT2D eigenvalue weighted by molar-refractivity contribution is 5.22. The van der Waals surface area contributed by atoms with Gasteiger partial charge in [0.1, 0.15) is 0 Å². The predicted octanol–water partition coefficient (Wildman–Crippen LogP) is 4.63. The van der Waals surface area contributed by atoms with Crippen LogP contribution in [0.5, 0.6) is 0 Å². The minimum Gasteiger partial charge on any atom is -0.381 e. The lowest BCUT2D eigenvalue weighted by Crippen LogP contribution is -1.99. The maximum Gasteiger partial charge on any atom is 0.0469 e. The lowest BCUT2D eigenvalue weighted by molar-refractivity contribution is 0.129. The van der Waals surface area contributed by atoms with Gasteiger partial charge >= 0.3 is 0 Å². The lowest BCUT2D eigenvalue weighted by Gasteiger charge is -2.07. The van der Waals surface area contributed by atoms with Crippen LogP contribution in [0.2, 0.25) is 0 Å². The van der Waals surface area contributed by atoms with Crippen molar-refractivity contribution in [2.24, 2.45) is 5.92 Å². The molecule has 0 aromatic heterocycles. The second-order valence-corrected chi connectivity index (χ2v) is 5.48. The summed E-state index contributed by atoms with van der Waals surface area (Å²) in [5, 5.41) is 0. The van der Waals surface area contributed by atoms with Crippen molar-refractivity contribution in [2.45, 2.75) is 52.9 Å². The molecular formula is C17H28O. The van der Waals surface area contributed by atoms with E-state index in [9.17, 15) is 0 Å². The lowest BCUT2D eigenvalue weighted by atomic mass is 10.0. The first kappa shape index (κ1) is 15.2. The highest BCUT2D eigenvalue weighted by Gasteiger charge is 1.98. The molecule has 0 spiro atoms. The Hall–Kier alpha value is -0.820. The van der Waals surface area contributed by atoms with Crippen LogP contribution in [0, 0.1) is 5.92 Å². The molecule has 1 rings (SSSR count). The van der Waals surface area contributed by atoms with Gasteiger partial charge in [-0.1, -0.05) is 51.5 Å². The molecule has 0 aliphatic carbocycles. The largest absolute Gasteiger partial charge is 0.381 e. The molecule has 0 aliphatic rings. The second kappa shape index (κ2) is 9.16. The summed E-state index contributed by atoms with van der Waals surface area (Å²) >= 11 is 0. The normalized spacial score (nSPS) is 11.1. The first-order valence-electron chi connectivity index (χ1n) is 7.38. The van der Waals surface area contributed by atoms with Gasteiger partial charge in [0.15, 0.2) is 0 Å². The van der Waals surface area contributed by atoms with E-state index in [4.69, 9.17) is 4.74 Å². The Labute approximate surface area is 113 Å². The minimum absolute atomic E-state index is 0.739. The molecular weight excluding hydrogens is 220 g/mol. The van der Waals surface area contributed by atoms with E-state index in [0.717, 1.165) is 32.0 Å². The van der Waals surface area contributed by atoms with Crippen molar-refractivity contribution >= 4 is 0 Å². The van der Waals surface area contributed by atoms with Gasteiger partial charge in [-0.25, -0.2) is 0 Å². The molecule has 0 fully saturated rings. The molecule has 0 saturated heterocycles. The average Bonchev–Trinajstić information content (AvgIpc) is 2.35. The summed E-state index contributed by atoms with van der Waals surface area (Å²) in [6.07, 6.45) is 5.85. The smallest absolute Gasteiger partial charge is 0.0469 e. The molecule has 102 valence electrons. The average molecular weight is 248 g/mol. The van der Waals surface area contributed by atoms with Crippen molar-refractivity contribution in [1.29, 1.82) is 0 Å². The van der Waals surface area contributed by atoms with E-state index in [0.29, 0.717) is 0 Å². The van der Waals surface area contributed by atoms with Gasteiger partial charge in [0.05, 0.1) is 0 Å². The number of rotatable bonds is 9. The first-order valence-corrected chi connectivity index (χ1v) is 7.38. The van der Waals surface area contributed by atoms with E-state index >= 15 is 0 Å². The summed E-state index contributed by atoms with van der Waals surface area (Å²) in [5.41, 5.74) is 2.88. The molecule has 0 atom stereocenters. The molecule has 0 aliphatic heterocycles. The molecule has 0 amide bonds. The second-order valence-electron chi connectivity index (χ2n) is 5.48. The first-order chi connectivity index (χ1) is 8.72. The molecule has 0 unspecified atom stereocenters. The zero-order valence-corrected chi connectivity index (χ0v) is 12.2. The third-order valence-corrected chi connectivity index (χ3v) is 3.06. The van der Waals surface area contributed by atoms with Crippen LogP contribution in [0.3, 0.4) is 0 Å². The summed E-state index contributed by atoms with van der Waals surface area (Å²) in [6.45, 7) is 8.54. The van der Waals surface area contributed by atoms with Gasteiger partial charge in [0.2, 0.25) is 0 Å². The Balaban J connectivity index is 2.18. The molecule has 1 aromatic carbocycles. The quantitative estimate of drug-likeness (QED) is 0.579. The minimum atomic E-state index is 0.739. The van der Waals surface area contributed by atoms with Crippen molar-refractivity contribution in [2.75, 3.05) is 13.2 Å². The molecule has 0 heterocycles. The number of hydrogen-bond acceptors (Lipinski definition) is 1. The molecule has 0 saturated carbocycles. The molecule has 1 heteroatoms. The zero-order valence-electron chi connectivity index (χ0n) is 12.2. The van der Waals surface area contributed by atoms with Crippen molar-refractivity contribution < 1.29 is 4.74 Å². The highest BCUT2D eigenvalue weighted by Crippen LogP contribution is 2.11. The van der Waals surface area contributed by atoms with Gasteiger partial charge in [-0.15, -0.1) is 0 Å². The van der Waals surface area contributed by atoms with Crippen molar-refractivity contribution in [3.05, 3.63) is 35.4 Å². The number of unbranched alkanes of at least 4 members (excludes halogenated alkanes) is 1. The van der Waals surface area contributed by atoms with E-state index in [1.807, 2.05) is 0 Å². The number of hydrogen-bond donors (Lipinski definition) is 0. The van der Waals surface area contributed by atoms with Crippen LogP contribution < -0.4 is 0 Å². The number of ether oxygens (including phenoxy) is 1. The Morgan fingerprint density at radius 1 is 0.944 bits per heavy atom. The number of aryl methyl sites for hydroxylation is 1. The van der Waals surface area contributed by atoms with Gasteiger partial charge in [-0.3, -0.25) is 0 Å². The van der Waals surface area contributed by atoms with E-state index in [-0.39, 0.29) is 0 Å². The van der Waals surface area contributed by atoms with Crippen molar-refractivity contribution in [3.63, 3.8) is 0 Å². The van der Waals surface area contributed by atoms with Crippen LogP contribution in [-0.2, 0) is 17.6 Å². The van der Waals surface area contributed by atoms with Gasteiger partial charge in [-0.05, 0) is 42.7 Å². The van der Waals surface area contributed by atoms with E-state index in [1.54, 1.807) is 0 Å². The predicted molar refractivity (Wildman–Crippen MR) is 79.0 cm³/mol. The Bertz CT molecular complexity index is 300. The number of benzene rings is 1. The van der Waals surface area contributed by atoms with Crippen LogP contribution in [0.25, 0.3) is 0 Å². The molecule has 0 bridgehead atoms. The molecule has 18 heavy (non-hydrogen) atoms. The van der Waals surface area contributed by atoms with Crippen LogP contribution in [-0.4, -0.2) is 13.2 Å². The monoisotopic (exact) mass is 248 g/mol. The van der Waals surface area contributed by atoms with Crippen LogP contribution in [0.1, 0.15) is 51.2 Å². The fourth-order valence-electron chi connectivity index (χ4n) is 2.04. The van der Waals surface area contributed by atoms with Crippen molar-refractivity contribution in [3.8, 4) is 0 Å². The summed E-state index contributed by atoms with van der Waals surface area (Å²) in [5.74, 6) is 0.739. The van der Waals surface area contributed by atoms with E-state index in [1.165, 1.54) is 30.4 Å². The van der Waals surface area contributed by atoms with Gasteiger partial charge in [0.25, 0.3) is 0 Å². The Kier molecular flexibility index (Phi) is 7.75. The SMILES string of the molecule is CCCCOCCCc1ccc(CC(C)C)cc1. The molecule has 0 N–H and O–H groups in total. The standard InChI is InChI=1S/C17H28O/c1-4-5-12-18-13-6-7-16-8-10-17(11-9-16)14-15(2)3/h8-11,15H,4-7,12-14H2,1-3H3. The maximum atomic E-state index is 5.57. The zero-order chi connectivity index (χ0) is 13.2. The fourth-order valence-corrected chi connectivity index (χ4v) is 2.04. The molecule has 1 nitrogen and oxygen atoms in total. The summed E-state index contributed by atoms with van der Waals surface area (Å²) < 4.78 is 5.57. The van der Waals surface area contributed by atoms with E-state index < -0.39 is 0 Å². The van der Waals surface area contributed by atoms with Crippen LogP contribution in [0.15, 0.2) is 24.3 Å². The third kappa shape index (κ3) is 6.80.